The van der Waals surface area contributed by atoms with Crippen LogP contribution in [0.1, 0.15) is 5.56 Å². The number of benzene rings is 4. The van der Waals surface area contributed by atoms with Crippen molar-refractivity contribution in [1.29, 1.82) is 0 Å². The van der Waals surface area contributed by atoms with Crippen LogP contribution in [0.2, 0.25) is 5.02 Å². The summed E-state index contributed by atoms with van der Waals surface area (Å²) < 4.78 is 40.8. The van der Waals surface area contributed by atoms with Gasteiger partial charge in [-0.15, -0.1) is 0 Å². The lowest BCUT2D eigenvalue weighted by Gasteiger charge is -2.17. The Morgan fingerprint density at radius 3 is 2.35 bits per heavy atom. The fourth-order valence-corrected chi connectivity index (χ4v) is 5.78. The van der Waals surface area contributed by atoms with Crippen LogP contribution in [0.3, 0.4) is 0 Å². The highest BCUT2D eigenvalue weighted by molar-refractivity contribution is 7.99. The fourth-order valence-electron chi connectivity index (χ4n) is 3.21. The minimum Gasteiger partial charge on any atom is -0.606 e. The summed E-state index contributed by atoms with van der Waals surface area (Å²) in [6.45, 7) is 1.87. The molecular formula is C25H16ClF2OS2. The summed E-state index contributed by atoms with van der Waals surface area (Å²) in [6.07, 6.45) is 0. The van der Waals surface area contributed by atoms with Gasteiger partial charge >= 0.3 is 0 Å². The third kappa shape index (κ3) is 4.96. The first-order chi connectivity index (χ1) is 14.9. The molecule has 4 aromatic carbocycles. The average molecular weight is 470 g/mol. The zero-order valence-corrected chi connectivity index (χ0v) is 18.8. The predicted octanol–water partition coefficient (Wildman–Crippen LogP) is 7.71. The van der Waals surface area contributed by atoms with E-state index in [1.54, 1.807) is 24.3 Å². The second kappa shape index (κ2) is 9.45. The summed E-state index contributed by atoms with van der Waals surface area (Å²) in [4.78, 5) is 2.43. The molecule has 155 valence electrons. The fraction of sp³-hybridized carbons (Fsp3) is 0.0400. The molecule has 0 saturated carbocycles. The van der Waals surface area contributed by atoms with Crippen LogP contribution in [-0.2, 0) is 11.2 Å². The third-order valence-electron chi connectivity index (χ3n) is 4.58. The van der Waals surface area contributed by atoms with Gasteiger partial charge in [-0.2, -0.15) is 0 Å². The summed E-state index contributed by atoms with van der Waals surface area (Å²) >= 11 is 5.82. The van der Waals surface area contributed by atoms with Crippen molar-refractivity contribution in [1.82, 2.24) is 0 Å². The molecule has 1 unspecified atom stereocenters. The largest absolute Gasteiger partial charge is 0.606 e. The normalized spacial score (nSPS) is 12.0. The second-order valence-electron chi connectivity index (χ2n) is 6.79. The molecule has 0 heterocycles. The van der Waals surface area contributed by atoms with E-state index in [2.05, 4.69) is 6.07 Å². The summed E-state index contributed by atoms with van der Waals surface area (Å²) in [5.74, 6) is -1.26. The van der Waals surface area contributed by atoms with Gasteiger partial charge in [-0.1, -0.05) is 47.6 Å². The van der Waals surface area contributed by atoms with Gasteiger partial charge < -0.3 is 4.55 Å². The Kier molecular flexibility index (Phi) is 6.68. The van der Waals surface area contributed by atoms with Crippen molar-refractivity contribution < 1.29 is 13.3 Å². The third-order valence-corrected chi connectivity index (χ3v) is 7.43. The van der Waals surface area contributed by atoms with E-state index in [0.29, 0.717) is 19.7 Å². The van der Waals surface area contributed by atoms with Crippen LogP contribution < -0.4 is 0 Å². The highest BCUT2D eigenvalue weighted by Crippen LogP contribution is 2.40. The highest BCUT2D eigenvalue weighted by Gasteiger charge is 2.23. The number of halogens is 3. The van der Waals surface area contributed by atoms with E-state index >= 15 is 0 Å². The molecule has 0 bridgehead atoms. The Balaban J connectivity index is 1.78. The first-order valence-electron chi connectivity index (χ1n) is 9.34. The maximum Gasteiger partial charge on any atom is 0.174 e. The first kappa shape index (κ1) is 21.9. The molecule has 0 fully saturated rings. The second-order valence-corrected chi connectivity index (χ2v) is 9.73. The summed E-state index contributed by atoms with van der Waals surface area (Å²) in [6, 6.07) is 24.7. The summed E-state index contributed by atoms with van der Waals surface area (Å²) in [7, 11) is 0. The van der Waals surface area contributed by atoms with Gasteiger partial charge in [-0.05, 0) is 55.5 Å². The van der Waals surface area contributed by atoms with Crippen LogP contribution in [0.4, 0.5) is 8.78 Å². The maximum atomic E-state index is 13.7. The Bertz CT molecular complexity index is 1230. The zero-order valence-electron chi connectivity index (χ0n) is 16.4. The first-order valence-corrected chi connectivity index (χ1v) is 11.7. The minimum atomic E-state index is -1.48. The van der Waals surface area contributed by atoms with Crippen molar-refractivity contribution in [3.05, 3.63) is 107 Å². The standard InChI is InChI=1S/C25H16ClF2OS2/c1-16-12-17(26)10-11-24(16)31(29)25-9-5-3-7-22(25)21-6-2-4-8-23(21)30-20-14-18(27)13-19(28)15-20/h2-8,10-15H,1H3. The molecule has 1 nitrogen and oxygen atoms in total. The van der Waals surface area contributed by atoms with Crippen LogP contribution >= 0.6 is 23.4 Å². The molecule has 0 spiro atoms. The lowest BCUT2D eigenvalue weighted by atomic mass is 10.1. The molecule has 0 saturated heterocycles. The highest BCUT2D eigenvalue weighted by atomic mass is 35.5. The number of rotatable bonds is 5. The Hall–Kier alpha value is -2.31. The van der Waals surface area contributed by atoms with E-state index in [-0.39, 0.29) is 0 Å². The van der Waals surface area contributed by atoms with Crippen molar-refractivity contribution in [3.8, 4) is 11.1 Å². The molecule has 0 aromatic heterocycles. The van der Waals surface area contributed by atoms with Crippen LogP contribution in [-0.4, -0.2) is 4.55 Å². The van der Waals surface area contributed by atoms with E-state index in [0.717, 1.165) is 27.7 Å². The van der Waals surface area contributed by atoms with Gasteiger partial charge in [0.05, 0.1) is 0 Å². The molecule has 0 amide bonds. The Labute approximate surface area is 192 Å². The maximum absolute atomic E-state index is 13.7. The number of hydrogen-bond donors (Lipinski definition) is 0. The number of hydrogen-bond acceptors (Lipinski definition) is 2. The SMILES string of the molecule is Cc1cc(Cl)ccc1[S+]([O-])c1[c]cccc1-c1ccccc1Sc1cc(F)cc(F)c1. The van der Waals surface area contributed by atoms with Crippen LogP contribution in [0.25, 0.3) is 11.1 Å². The molecule has 1 atom stereocenters. The molecule has 4 aromatic rings. The van der Waals surface area contributed by atoms with Crippen molar-refractivity contribution in [2.45, 2.75) is 26.5 Å². The van der Waals surface area contributed by atoms with E-state index in [1.807, 2.05) is 43.3 Å². The van der Waals surface area contributed by atoms with Gasteiger partial charge in [0.15, 0.2) is 9.79 Å². The summed E-state index contributed by atoms with van der Waals surface area (Å²) in [5, 5.41) is 0.583. The lowest BCUT2D eigenvalue weighted by molar-refractivity contribution is 0.577. The van der Waals surface area contributed by atoms with Gasteiger partial charge in [0.2, 0.25) is 0 Å². The zero-order chi connectivity index (χ0) is 22.0. The van der Waals surface area contributed by atoms with Crippen LogP contribution in [0.5, 0.6) is 0 Å². The molecule has 6 heteroatoms. The summed E-state index contributed by atoms with van der Waals surface area (Å²) in [5.41, 5.74) is 2.38. The van der Waals surface area contributed by atoms with Crippen molar-refractivity contribution in [2.75, 3.05) is 0 Å². The molecule has 0 aliphatic heterocycles. The van der Waals surface area contributed by atoms with Crippen molar-refractivity contribution in [3.63, 3.8) is 0 Å². The monoisotopic (exact) mass is 469 g/mol. The van der Waals surface area contributed by atoms with E-state index in [9.17, 15) is 13.3 Å². The predicted molar refractivity (Wildman–Crippen MR) is 122 cm³/mol. The molecule has 4 rings (SSSR count). The molecular weight excluding hydrogens is 454 g/mol. The molecule has 0 N–H and O–H groups in total. The van der Waals surface area contributed by atoms with Gasteiger partial charge in [-0.25, -0.2) is 8.78 Å². The van der Waals surface area contributed by atoms with Crippen molar-refractivity contribution >= 4 is 34.5 Å². The van der Waals surface area contributed by atoms with Gasteiger partial charge in [0.25, 0.3) is 0 Å². The molecule has 1 radical (unpaired) electrons. The average Bonchev–Trinajstić information content (AvgIpc) is 2.73. The smallest absolute Gasteiger partial charge is 0.174 e. The van der Waals surface area contributed by atoms with Crippen LogP contribution in [0.15, 0.2) is 98.4 Å². The van der Waals surface area contributed by atoms with E-state index in [1.165, 1.54) is 23.9 Å². The molecule has 0 aliphatic rings. The molecule has 31 heavy (non-hydrogen) atoms. The molecule has 0 aliphatic carbocycles. The van der Waals surface area contributed by atoms with Gasteiger partial charge in [0, 0.05) is 54.8 Å². The minimum absolute atomic E-state index is 0.445. The van der Waals surface area contributed by atoms with E-state index < -0.39 is 22.8 Å². The van der Waals surface area contributed by atoms with Gasteiger partial charge in [0.1, 0.15) is 11.6 Å². The quantitative estimate of drug-likeness (QED) is 0.279. The van der Waals surface area contributed by atoms with Crippen LogP contribution in [0, 0.1) is 24.6 Å². The Morgan fingerprint density at radius 1 is 0.903 bits per heavy atom. The Morgan fingerprint density at radius 2 is 1.61 bits per heavy atom. The lowest BCUT2D eigenvalue weighted by Crippen LogP contribution is -2.06. The van der Waals surface area contributed by atoms with Crippen molar-refractivity contribution in [2.24, 2.45) is 0 Å². The topological polar surface area (TPSA) is 23.1 Å². The van der Waals surface area contributed by atoms with Gasteiger partial charge in [-0.3, -0.25) is 0 Å². The number of aryl methyl sites for hydroxylation is 1. The van der Waals surface area contributed by atoms with E-state index in [4.69, 9.17) is 11.6 Å².